The van der Waals surface area contributed by atoms with Crippen molar-refractivity contribution < 1.29 is 18.7 Å². The summed E-state index contributed by atoms with van der Waals surface area (Å²) in [5, 5.41) is 9.39. The standard InChI is InChI=1S/C22H21F2N3O3/c23-14-1-3-15(4-2-14)27-12-17(22(29)30)21(28)16-9-18(24)20(10-19(16)27)26-7-5-13(11-25)6-8-26/h1-4,9-10,12-13H,5-8,11,25H2,(H,29,30). The fourth-order valence-corrected chi connectivity index (χ4v) is 3.95. The summed E-state index contributed by atoms with van der Waals surface area (Å²) in [7, 11) is 0. The molecule has 1 aromatic heterocycles. The molecule has 0 saturated carbocycles. The molecule has 0 aliphatic carbocycles. The van der Waals surface area contributed by atoms with Crippen molar-refractivity contribution in [1.29, 1.82) is 0 Å². The number of pyridine rings is 1. The number of aromatic carboxylic acids is 1. The minimum absolute atomic E-state index is 0.0441. The van der Waals surface area contributed by atoms with Crippen molar-refractivity contribution >= 4 is 22.6 Å². The van der Waals surface area contributed by atoms with Crippen LogP contribution < -0.4 is 16.1 Å². The van der Waals surface area contributed by atoms with Crippen LogP contribution in [0.1, 0.15) is 23.2 Å². The van der Waals surface area contributed by atoms with Crippen LogP contribution in [-0.2, 0) is 0 Å². The van der Waals surface area contributed by atoms with Gasteiger partial charge in [-0.15, -0.1) is 0 Å². The highest BCUT2D eigenvalue weighted by Crippen LogP contribution is 2.30. The van der Waals surface area contributed by atoms with Gasteiger partial charge >= 0.3 is 5.97 Å². The maximum absolute atomic E-state index is 15.0. The van der Waals surface area contributed by atoms with Crippen LogP contribution in [-0.4, -0.2) is 35.3 Å². The summed E-state index contributed by atoms with van der Waals surface area (Å²) in [6.07, 6.45) is 2.88. The van der Waals surface area contributed by atoms with E-state index >= 15 is 0 Å². The molecule has 3 N–H and O–H groups in total. The Hall–Kier alpha value is -3.26. The van der Waals surface area contributed by atoms with Gasteiger partial charge in [0.05, 0.1) is 11.2 Å². The Bertz CT molecular complexity index is 1170. The van der Waals surface area contributed by atoms with Crippen molar-refractivity contribution in [2.75, 3.05) is 24.5 Å². The van der Waals surface area contributed by atoms with Crippen molar-refractivity contribution in [2.24, 2.45) is 11.7 Å². The molecule has 1 aliphatic rings. The first-order chi connectivity index (χ1) is 14.4. The Balaban J connectivity index is 1.92. The van der Waals surface area contributed by atoms with Crippen molar-refractivity contribution in [2.45, 2.75) is 12.8 Å². The lowest BCUT2D eigenvalue weighted by molar-refractivity contribution is 0.0695. The van der Waals surface area contributed by atoms with Gasteiger partial charge in [-0.25, -0.2) is 13.6 Å². The van der Waals surface area contributed by atoms with E-state index in [1.165, 1.54) is 35.0 Å². The number of piperidine rings is 1. The van der Waals surface area contributed by atoms with Gasteiger partial charge < -0.3 is 20.3 Å². The number of benzene rings is 2. The van der Waals surface area contributed by atoms with Gasteiger partial charge in [-0.1, -0.05) is 0 Å². The van der Waals surface area contributed by atoms with Gasteiger partial charge in [0.15, 0.2) is 0 Å². The average molecular weight is 413 g/mol. The van der Waals surface area contributed by atoms with E-state index in [9.17, 15) is 23.5 Å². The second kappa shape index (κ2) is 7.87. The van der Waals surface area contributed by atoms with Gasteiger partial charge in [-0.3, -0.25) is 4.79 Å². The molecule has 0 bridgehead atoms. The lowest BCUT2D eigenvalue weighted by Gasteiger charge is -2.33. The number of halogens is 2. The first-order valence-electron chi connectivity index (χ1n) is 9.72. The van der Waals surface area contributed by atoms with E-state index in [-0.39, 0.29) is 5.39 Å². The van der Waals surface area contributed by atoms with E-state index in [0.29, 0.717) is 42.4 Å². The van der Waals surface area contributed by atoms with Crippen molar-refractivity contribution in [3.63, 3.8) is 0 Å². The number of carbonyl (C=O) groups is 1. The number of carboxylic acid groups (broad SMARTS) is 1. The largest absolute Gasteiger partial charge is 0.477 e. The zero-order chi connectivity index (χ0) is 21.4. The summed E-state index contributed by atoms with van der Waals surface area (Å²) in [6, 6.07) is 8.07. The van der Waals surface area contributed by atoms with Crippen LogP contribution in [0.2, 0.25) is 0 Å². The molecule has 6 nitrogen and oxygen atoms in total. The van der Waals surface area contributed by atoms with Gasteiger partial charge in [0.25, 0.3) is 0 Å². The molecule has 30 heavy (non-hydrogen) atoms. The predicted molar refractivity (Wildman–Crippen MR) is 110 cm³/mol. The van der Waals surface area contributed by atoms with Crippen LogP contribution in [0.15, 0.2) is 47.4 Å². The lowest BCUT2D eigenvalue weighted by atomic mass is 9.96. The first kappa shape index (κ1) is 20.0. The molecule has 3 aromatic rings. The summed E-state index contributed by atoms with van der Waals surface area (Å²) in [5.41, 5.74) is 5.65. The molecular weight excluding hydrogens is 392 g/mol. The molecule has 0 amide bonds. The first-order valence-corrected chi connectivity index (χ1v) is 9.72. The van der Waals surface area contributed by atoms with Gasteiger partial charge in [0.1, 0.15) is 17.2 Å². The Morgan fingerprint density at radius 3 is 2.40 bits per heavy atom. The van der Waals surface area contributed by atoms with Crippen LogP contribution in [0.4, 0.5) is 14.5 Å². The van der Waals surface area contributed by atoms with E-state index in [2.05, 4.69) is 0 Å². The quantitative estimate of drug-likeness (QED) is 0.686. The SMILES string of the molecule is NCC1CCN(c2cc3c(cc2F)c(=O)c(C(=O)O)cn3-c2ccc(F)cc2)CC1. The number of nitrogens with zero attached hydrogens (tertiary/aromatic N) is 2. The molecule has 4 rings (SSSR count). The van der Waals surface area contributed by atoms with Crippen LogP contribution >= 0.6 is 0 Å². The highest BCUT2D eigenvalue weighted by Gasteiger charge is 2.23. The van der Waals surface area contributed by atoms with Gasteiger partial charge in [-0.05, 0) is 61.7 Å². The number of rotatable bonds is 4. The molecule has 0 unspecified atom stereocenters. The van der Waals surface area contributed by atoms with E-state index in [4.69, 9.17) is 5.73 Å². The summed E-state index contributed by atoms with van der Waals surface area (Å²) in [4.78, 5) is 26.2. The van der Waals surface area contributed by atoms with Crippen molar-refractivity contribution in [3.8, 4) is 5.69 Å². The molecule has 2 heterocycles. The van der Waals surface area contributed by atoms with Crippen molar-refractivity contribution in [3.05, 3.63) is 70.0 Å². The Morgan fingerprint density at radius 1 is 1.13 bits per heavy atom. The minimum Gasteiger partial charge on any atom is -0.477 e. The molecule has 2 aromatic carbocycles. The third-order valence-electron chi connectivity index (χ3n) is 5.70. The zero-order valence-electron chi connectivity index (χ0n) is 16.1. The highest BCUT2D eigenvalue weighted by molar-refractivity contribution is 5.94. The zero-order valence-corrected chi connectivity index (χ0v) is 16.1. The lowest BCUT2D eigenvalue weighted by Crippen LogP contribution is -2.36. The summed E-state index contributed by atoms with van der Waals surface area (Å²) < 4.78 is 29.8. The van der Waals surface area contributed by atoms with Crippen LogP contribution in [0.3, 0.4) is 0 Å². The molecule has 1 saturated heterocycles. The number of aromatic nitrogens is 1. The maximum atomic E-state index is 15.0. The second-order valence-corrected chi connectivity index (χ2v) is 7.51. The summed E-state index contributed by atoms with van der Waals surface area (Å²) in [5.74, 6) is -2.04. The third kappa shape index (κ3) is 3.54. The molecule has 1 aliphatic heterocycles. The van der Waals surface area contributed by atoms with Gasteiger partial charge in [0.2, 0.25) is 5.43 Å². The Labute approximate surface area is 171 Å². The minimum atomic E-state index is -1.41. The van der Waals surface area contributed by atoms with Crippen LogP contribution in [0.25, 0.3) is 16.6 Å². The number of anilines is 1. The smallest absolute Gasteiger partial charge is 0.341 e. The van der Waals surface area contributed by atoms with E-state index < -0.39 is 28.6 Å². The summed E-state index contributed by atoms with van der Waals surface area (Å²) in [6.45, 7) is 1.87. The molecule has 156 valence electrons. The van der Waals surface area contributed by atoms with E-state index in [0.717, 1.165) is 18.9 Å². The second-order valence-electron chi connectivity index (χ2n) is 7.51. The molecular formula is C22H21F2N3O3. The fraction of sp³-hybridized carbons (Fsp3) is 0.273. The molecule has 1 fully saturated rings. The monoisotopic (exact) mass is 413 g/mol. The number of nitrogens with two attached hydrogens (primary N) is 1. The molecule has 0 spiro atoms. The topological polar surface area (TPSA) is 88.6 Å². The number of fused-ring (bicyclic) bond motifs is 1. The average Bonchev–Trinajstić information content (AvgIpc) is 2.74. The number of hydrogen-bond acceptors (Lipinski definition) is 4. The summed E-state index contributed by atoms with van der Waals surface area (Å²) >= 11 is 0. The fourth-order valence-electron chi connectivity index (χ4n) is 3.95. The van der Waals surface area contributed by atoms with Crippen LogP contribution in [0.5, 0.6) is 0 Å². The molecule has 0 radical (unpaired) electrons. The molecule has 0 atom stereocenters. The van der Waals surface area contributed by atoms with Crippen LogP contribution in [0, 0.1) is 17.6 Å². The highest BCUT2D eigenvalue weighted by atomic mass is 19.1. The Morgan fingerprint density at radius 2 is 1.80 bits per heavy atom. The molecule has 8 heteroatoms. The van der Waals surface area contributed by atoms with E-state index in [1.54, 1.807) is 6.07 Å². The Kier molecular flexibility index (Phi) is 5.26. The predicted octanol–water partition coefficient (Wildman–Crippen LogP) is 3.14. The maximum Gasteiger partial charge on any atom is 0.341 e. The normalized spacial score (nSPS) is 15.0. The number of carboxylic acids is 1. The van der Waals surface area contributed by atoms with Gasteiger partial charge in [-0.2, -0.15) is 0 Å². The van der Waals surface area contributed by atoms with E-state index in [1.807, 2.05) is 4.90 Å². The van der Waals surface area contributed by atoms with Crippen molar-refractivity contribution in [1.82, 2.24) is 4.57 Å². The number of hydrogen-bond donors (Lipinski definition) is 2. The van der Waals surface area contributed by atoms with Gasteiger partial charge in [0, 0.05) is 30.4 Å². The third-order valence-corrected chi connectivity index (χ3v) is 5.70.